The molecule has 7 aliphatic rings. The standard InChI is InChI=1S/C19H26O4.C18H26O.C17H24O3.C17H24O2.C13H20N2S.C11H18O/c1-3-19(18(21)22-2)13-15(9-10-17(19)20)11-12-23-14-16-7-5-4-6-8-16;1-3-18-13-16(10-9-15(18)2)11-12-19-14-17-7-5-4-6-8-17;1-2-4-16(5-3-1)14-18-11-8-15-6-9-17(10-7-15)19-12-13-20-17;1-2-16-12-14(8-9-17(16)18)10-11-19-13-15-6-4-3-5-7-15;1-3-11-6-10(5-4-9(11)2)7-12-8-14-13(16)15-12;1-3-11-8-10(6-7-12)5-4-9(11)2/h4-8,15H,3,9-14H2,1-2H3;4-8,16H,3,9-14H2,1-2H3;1-5,15H,6-14H2;3-7,14,16H,2,8-13H2,1H3;8,10H,3-7H2,1-2H3,(H2,14,15,16);7,10H,3-6,8H2,1-2H3. The van der Waals surface area contributed by atoms with E-state index in [1.165, 1.54) is 126 Å². The molecule has 4 fully saturated rings. The molecule has 2 heterocycles. The maximum Gasteiger partial charge on any atom is 0.319 e. The molecule has 109 heavy (non-hydrogen) atoms. The number of carbonyl (C=O) groups excluding carboxylic acids is 4. The van der Waals surface area contributed by atoms with Crippen molar-refractivity contribution in [3.05, 3.63) is 194 Å². The first-order chi connectivity index (χ1) is 53.0. The van der Waals surface area contributed by atoms with Gasteiger partial charge in [0, 0.05) is 76.3 Å². The van der Waals surface area contributed by atoms with Gasteiger partial charge in [-0.1, -0.05) is 189 Å². The van der Waals surface area contributed by atoms with Crippen molar-refractivity contribution in [1.82, 2.24) is 9.97 Å². The smallest absolute Gasteiger partial charge is 0.319 e. The Morgan fingerprint density at radius 3 is 1.37 bits per heavy atom. The summed E-state index contributed by atoms with van der Waals surface area (Å²) >= 11 is 5.04. The lowest BCUT2D eigenvalue weighted by Crippen LogP contribution is -2.44. The molecule has 0 amide bonds. The number of hydrogen-bond donors (Lipinski definition) is 2. The van der Waals surface area contributed by atoms with Crippen LogP contribution in [-0.2, 0) is 85.2 Å². The van der Waals surface area contributed by atoms with Crippen LogP contribution in [0.1, 0.15) is 270 Å². The summed E-state index contributed by atoms with van der Waals surface area (Å²) in [4.78, 5) is 52.6. The van der Waals surface area contributed by atoms with Crippen LogP contribution in [0, 0.1) is 51.6 Å². The molecule has 600 valence electrons. The van der Waals surface area contributed by atoms with Gasteiger partial charge in [-0.05, 0) is 251 Å². The molecule has 13 nitrogen and oxygen atoms in total. The Labute approximate surface area is 662 Å². The van der Waals surface area contributed by atoms with Gasteiger partial charge in [0.2, 0.25) is 0 Å². The van der Waals surface area contributed by atoms with Gasteiger partial charge in [0.25, 0.3) is 0 Å². The topological polar surface area (TPSA) is 164 Å². The lowest BCUT2D eigenvalue weighted by atomic mass is 9.66. The third-order valence-electron chi connectivity index (χ3n) is 24.4. The zero-order valence-electron chi connectivity index (χ0n) is 68.4. The average molecular weight is 1520 g/mol. The van der Waals surface area contributed by atoms with Crippen LogP contribution in [0.4, 0.5) is 0 Å². The van der Waals surface area contributed by atoms with Gasteiger partial charge in [-0.2, -0.15) is 0 Å². The first-order valence-corrected chi connectivity index (χ1v) is 42.6. The molecule has 6 aliphatic carbocycles. The number of allylic oxidation sites excluding steroid dienone is 6. The van der Waals surface area contributed by atoms with E-state index in [9.17, 15) is 19.2 Å². The van der Waals surface area contributed by atoms with Gasteiger partial charge in [0.15, 0.2) is 10.6 Å². The van der Waals surface area contributed by atoms with E-state index < -0.39 is 5.41 Å². The Kier molecular flexibility index (Phi) is 41.8. The first kappa shape index (κ1) is 90.0. The minimum absolute atomic E-state index is 0.0355. The van der Waals surface area contributed by atoms with E-state index in [1.54, 1.807) is 33.4 Å². The number of methoxy groups -OCH3 is 1. The van der Waals surface area contributed by atoms with Gasteiger partial charge < -0.3 is 47.9 Å². The summed E-state index contributed by atoms with van der Waals surface area (Å²) in [7, 11) is 1.36. The van der Waals surface area contributed by atoms with Crippen LogP contribution in [0.3, 0.4) is 0 Å². The number of imidazole rings is 1. The molecule has 1 saturated heterocycles. The van der Waals surface area contributed by atoms with Crippen LogP contribution in [0.15, 0.2) is 161 Å². The van der Waals surface area contributed by atoms with Crippen molar-refractivity contribution < 1.29 is 52.3 Å². The summed E-state index contributed by atoms with van der Waals surface area (Å²) in [6.07, 6.45) is 35.2. The number of aromatic nitrogens is 2. The second-order valence-corrected chi connectivity index (χ2v) is 32.4. The maximum absolute atomic E-state index is 12.3. The van der Waals surface area contributed by atoms with E-state index >= 15 is 0 Å². The second kappa shape index (κ2) is 50.7. The monoisotopic (exact) mass is 1520 g/mol. The van der Waals surface area contributed by atoms with Crippen molar-refractivity contribution in [3.8, 4) is 0 Å². The summed E-state index contributed by atoms with van der Waals surface area (Å²) in [6.45, 7) is 25.1. The molecule has 1 spiro atoms. The number of H-pyrrole nitrogens is 2. The molecule has 1 aromatic heterocycles. The van der Waals surface area contributed by atoms with E-state index in [0.717, 1.165) is 158 Å². The predicted octanol–water partition coefficient (Wildman–Crippen LogP) is 23.4. The summed E-state index contributed by atoms with van der Waals surface area (Å²) < 4.78 is 40.2. The molecule has 3 saturated carbocycles. The van der Waals surface area contributed by atoms with Crippen LogP contribution in [0.25, 0.3) is 0 Å². The quantitative estimate of drug-likeness (QED) is 0.0112. The zero-order chi connectivity index (χ0) is 77.9. The number of aromatic amines is 2. The van der Waals surface area contributed by atoms with Gasteiger partial charge in [0.1, 0.15) is 23.3 Å². The van der Waals surface area contributed by atoms with Crippen molar-refractivity contribution in [2.75, 3.05) is 46.8 Å². The van der Waals surface area contributed by atoms with Gasteiger partial charge >= 0.3 is 5.97 Å². The number of carbonyl (C=O) groups is 4. The molecule has 0 radical (unpaired) electrons. The van der Waals surface area contributed by atoms with Crippen LogP contribution in [0.5, 0.6) is 0 Å². The SMILES string of the molecule is CCC1(C(=O)OC)CC(CCOCc2ccccc2)CCC1=O.CCC1=C(C)CCC(CC=O)C1.CCC1=C(C)CCC(CCOCc2ccccc2)C1.CCC1=C(C)CCC(Cc2c[nH]c(=S)[nH]2)C1.CCC1CC(CCOCc2ccccc2)CCC1=O.c1ccc(COCCC2CCC3(CC2)OCCO3)cc1. The summed E-state index contributed by atoms with van der Waals surface area (Å²) in [5.41, 5.74) is 15.0. The van der Waals surface area contributed by atoms with Crippen molar-refractivity contribution in [2.45, 2.75) is 280 Å². The minimum Gasteiger partial charge on any atom is -0.468 e. The molecular weight excluding hydrogens is 1380 g/mol. The third kappa shape index (κ3) is 32.1. The largest absolute Gasteiger partial charge is 0.468 e. The van der Waals surface area contributed by atoms with Gasteiger partial charge in [0.05, 0.1) is 46.8 Å². The molecule has 1 aliphatic heterocycles. The Morgan fingerprint density at radius 1 is 0.523 bits per heavy atom. The van der Waals surface area contributed by atoms with Crippen molar-refractivity contribution in [2.24, 2.45) is 46.8 Å². The van der Waals surface area contributed by atoms with Crippen LogP contribution in [0.2, 0.25) is 0 Å². The third-order valence-corrected chi connectivity index (χ3v) is 24.6. The zero-order valence-corrected chi connectivity index (χ0v) is 69.2. The van der Waals surface area contributed by atoms with Gasteiger partial charge in [-0.3, -0.25) is 14.4 Å². The first-order valence-electron chi connectivity index (χ1n) is 42.1. The number of aldehydes is 1. The van der Waals surface area contributed by atoms with Crippen LogP contribution >= 0.6 is 12.2 Å². The number of hydrogen-bond acceptors (Lipinski definition) is 12. The molecule has 5 aromatic rings. The Bertz CT molecular complexity index is 3520. The number of benzene rings is 4. The number of Topliss-reactive ketones (excluding diaryl/α,β-unsaturated/α-hetero) is 2. The molecule has 12 rings (SSSR count). The fourth-order valence-electron chi connectivity index (χ4n) is 17.1. The molecular formula is C95H138N2O11S. The molecule has 7 atom stereocenters. The predicted molar refractivity (Wildman–Crippen MR) is 444 cm³/mol. The van der Waals surface area contributed by atoms with Gasteiger partial charge in [-0.25, -0.2) is 0 Å². The highest BCUT2D eigenvalue weighted by molar-refractivity contribution is 7.71. The number of rotatable bonds is 30. The van der Waals surface area contributed by atoms with E-state index in [1.807, 2.05) is 73.8 Å². The second-order valence-electron chi connectivity index (χ2n) is 31.9. The molecule has 2 N–H and O–H groups in total. The molecule has 14 heteroatoms. The highest BCUT2D eigenvalue weighted by Gasteiger charge is 2.49. The Morgan fingerprint density at radius 2 is 0.936 bits per heavy atom. The van der Waals surface area contributed by atoms with Crippen molar-refractivity contribution in [3.63, 3.8) is 0 Å². The van der Waals surface area contributed by atoms with Crippen molar-refractivity contribution in [1.29, 1.82) is 0 Å². The summed E-state index contributed by atoms with van der Waals surface area (Å²) in [5.74, 6) is 4.28. The maximum atomic E-state index is 12.3. The Hall–Kier alpha value is -6.23. The number of ether oxygens (including phenoxy) is 7. The van der Waals surface area contributed by atoms with E-state index in [0.29, 0.717) is 68.5 Å². The van der Waals surface area contributed by atoms with Crippen LogP contribution < -0.4 is 0 Å². The number of esters is 1. The Balaban J connectivity index is 0.000000184. The van der Waals surface area contributed by atoms with Crippen LogP contribution in [-0.4, -0.2) is 86.3 Å². The average Bonchev–Trinajstić information content (AvgIpc) is 1.44. The summed E-state index contributed by atoms with van der Waals surface area (Å²) in [6, 6.07) is 41.2. The highest BCUT2D eigenvalue weighted by Crippen LogP contribution is 2.43. The lowest BCUT2D eigenvalue weighted by molar-refractivity contribution is -0.183. The van der Waals surface area contributed by atoms with Crippen molar-refractivity contribution >= 4 is 36.0 Å². The lowest BCUT2D eigenvalue weighted by Gasteiger charge is -2.36. The van der Waals surface area contributed by atoms with E-state index in [4.69, 9.17) is 45.4 Å². The van der Waals surface area contributed by atoms with E-state index in [-0.39, 0.29) is 17.5 Å². The molecule has 7 unspecified atom stereocenters. The fraction of sp³-hybridized carbons (Fsp3) is 0.611. The van der Waals surface area contributed by atoms with E-state index in [2.05, 4.69) is 119 Å². The normalized spacial score (nSPS) is 22.7. The highest BCUT2D eigenvalue weighted by atomic mass is 32.1. The minimum atomic E-state index is -0.933. The number of nitrogens with one attached hydrogen (secondary N) is 2. The summed E-state index contributed by atoms with van der Waals surface area (Å²) in [5, 5.41) is 0. The van der Waals surface area contributed by atoms with Gasteiger partial charge in [-0.15, -0.1) is 0 Å². The fourth-order valence-corrected chi connectivity index (χ4v) is 17.3. The molecule has 4 aromatic carbocycles. The molecule has 0 bridgehead atoms. The number of ketones is 2.